The third-order valence-electron chi connectivity index (χ3n) is 6.02. The van der Waals surface area contributed by atoms with Crippen LogP contribution in [0.15, 0.2) is 18.2 Å². The lowest BCUT2D eigenvalue weighted by molar-refractivity contribution is -0.122. The summed E-state index contributed by atoms with van der Waals surface area (Å²) >= 11 is 0. The van der Waals surface area contributed by atoms with E-state index in [1.54, 1.807) is 12.1 Å². The van der Waals surface area contributed by atoms with Gasteiger partial charge in [-0.1, -0.05) is 12.1 Å². The first-order valence-corrected chi connectivity index (χ1v) is 9.82. The second-order valence-electron chi connectivity index (χ2n) is 7.86. The van der Waals surface area contributed by atoms with Crippen LogP contribution in [0.1, 0.15) is 41.6 Å². The van der Waals surface area contributed by atoms with E-state index in [9.17, 15) is 19.7 Å². The predicted octanol–water partition coefficient (Wildman–Crippen LogP) is 0.164. The lowest BCUT2D eigenvalue weighted by atomic mass is 9.71. The Morgan fingerprint density at radius 1 is 1.21 bits per heavy atom. The molecule has 2 aliphatic rings. The number of hydrogen-bond donors (Lipinski definition) is 5. The molecule has 0 spiro atoms. The van der Waals surface area contributed by atoms with Crippen LogP contribution in [0.2, 0.25) is 0 Å². The van der Waals surface area contributed by atoms with Crippen molar-refractivity contribution < 1.29 is 24.4 Å². The Morgan fingerprint density at radius 3 is 2.64 bits per heavy atom. The van der Waals surface area contributed by atoms with Crippen LogP contribution in [0.5, 0.6) is 5.75 Å². The van der Waals surface area contributed by atoms with Gasteiger partial charge in [-0.25, -0.2) is 4.79 Å². The van der Waals surface area contributed by atoms with E-state index >= 15 is 0 Å². The molecule has 1 saturated carbocycles. The van der Waals surface area contributed by atoms with Gasteiger partial charge in [0.05, 0.1) is 11.5 Å². The summed E-state index contributed by atoms with van der Waals surface area (Å²) in [5.74, 6) is -0.677. The first-order chi connectivity index (χ1) is 13.4. The first-order valence-electron chi connectivity index (χ1n) is 9.82. The van der Waals surface area contributed by atoms with Gasteiger partial charge in [-0.15, -0.1) is 0 Å². The van der Waals surface area contributed by atoms with E-state index in [4.69, 9.17) is 16.1 Å². The van der Waals surface area contributed by atoms with Gasteiger partial charge >= 0.3 is 13.1 Å². The van der Waals surface area contributed by atoms with E-state index in [0.29, 0.717) is 43.3 Å². The fourth-order valence-electron chi connectivity index (χ4n) is 4.45. The maximum absolute atomic E-state index is 12.5. The molecule has 3 rings (SSSR count). The molecule has 28 heavy (non-hydrogen) atoms. The number of para-hydroxylation sites is 1. The molecule has 1 aromatic rings. The molecule has 9 heteroatoms. The van der Waals surface area contributed by atoms with Crippen LogP contribution in [0.4, 0.5) is 0 Å². The molecule has 1 aliphatic heterocycles. The normalized spacial score (nSPS) is 26.9. The van der Waals surface area contributed by atoms with Crippen LogP contribution >= 0.6 is 0 Å². The zero-order chi connectivity index (χ0) is 20.3. The monoisotopic (exact) mass is 389 g/mol. The Hall–Kier alpha value is -2.10. The number of carboxylic acids is 1. The minimum atomic E-state index is -1.29. The summed E-state index contributed by atoms with van der Waals surface area (Å²) in [6, 6.07) is 4.80. The second kappa shape index (κ2) is 8.94. The van der Waals surface area contributed by atoms with Crippen molar-refractivity contribution in [3.05, 3.63) is 29.3 Å². The van der Waals surface area contributed by atoms with Gasteiger partial charge < -0.3 is 31.6 Å². The Bertz CT molecular complexity index is 732. The number of hydrogen-bond acceptors (Lipinski definition) is 6. The van der Waals surface area contributed by atoms with Gasteiger partial charge in [0, 0.05) is 6.42 Å². The number of carboxylic acid groups (broad SMARTS) is 1. The molecule has 0 bridgehead atoms. The highest BCUT2D eigenvalue weighted by molar-refractivity contribution is 6.47. The standard InChI is InChI=1S/C19H28BN3O5/c21-9-13-5-4-11(6-14(13)10-22)7-17(24)23-16-8-12-2-1-3-15(19(25)26)18(12)28-20(16)27/h1-3,11,13-14,16,27H,4-10,21-22H2,(H,23,24)(H,25,26)/t11-,13?,14+,16-/m0/s1. The molecule has 1 aromatic carbocycles. The third-order valence-corrected chi connectivity index (χ3v) is 6.02. The molecule has 1 amide bonds. The number of nitrogens with two attached hydrogens (primary N) is 2. The first kappa shape index (κ1) is 20.6. The fraction of sp³-hybridized carbons (Fsp3) is 0.579. The molecular weight excluding hydrogens is 361 g/mol. The Kier molecular flexibility index (Phi) is 6.59. The molecule has 1 aliphatic carbocycles. The molecule has 4 atom stereocenters. The highest BCUT2D eigenvalue weighted by atomic mass is 16.5. The van der Waals surface area contributed by atoms with E-state index < -0.39 is 19.0 Å². The molecule has 7 N–H and O–H groups in total. The minimum absolute atomic E-state index is 0.00539. The Labute approximate surface area is 164 Å². The summed E-state index contributed by atoms with van der Waals surface area (Å²) in [6.45, 7) is 1.21. The number of fused-ring (bicyclic) bond motifs is 1. The number of rotatable bonds is 6. The van der Waals surface area contributed by atoms with Gasteiger partial charge in [-0.05, 0) is 68.2 Å². The second-order valence-corrected chi connectivity index (χ2v) is 7.86. The number of aromatic carboxylic acids is 1. The van der Waals surface area contributed by atoms with Gasteiger partial charge in [-0.3, -0.25) is 4.79 Å². The fourth-order valence-corrected chi connectivity index (χ4v) is 4.45. The third kappa shape index (κ3) is 4.48. The van der Waals surface area contributed by atoms with Gasteiger partial charge in [-0.2, -0.15) is 0 Å². The van der Waals surface area contributed by atoms with Gasteiger partial charge in [0.25, 0.3) is 0 Å². The number of carbonyl (C=O) groups excluding carboxylic acids is 1. The van der Waals surface area contributed by atoms with Crippen molar-refractivity contribution in [2.24, 2.45) is 29.2 Å². The minimum Gasteiger partial charge on any atom is -0.534 e. The van der Waals surface area contributed by atoms with Crippen LogP contribution in [0.3, 0.4) is 0 Å². The molecule has 1 fully saturated rings. The van der Waals surface area contributed by atoms with Crippen molar-refractivity contribution in [3.63, 3.8) is 0 Å². The highest BCUT2D eigenvalue weighted by Gasteiger charge is 2.38. The summed E-state index contributed by atoms with van der Waals surface area (Å²) in [6.07, 6.45) is 3.51. The Morgan fingerprint density at radius 2 is 1.96 bits per heavy atom. The van der Waals surface area contributed by atoms with E-state index in [-0.39, 0.29) is 23.1 Å². The van der Waals surface area contributed by atoms with Crippen molar-refractivity contribution in [3.8, 4) is 5.75 Å². The van der Waals surface area contributed by atoms with E-state index in [0.717, 1.165) is 19.3 Å². The van der Waals surface area contributed by atoms with Crippen LogP contribution < -0.4 is 21.4 Å². The van der Waals surface area contributed by atoms with Crippen molar-refractivity contribution in [1.29, 1.82) is 0 Å². The average Bonchev–Trinajstić information content (AvgIpc) is 2.67. The highest BCUT2D eigenvalue weighted by Crippen LogP contribution is 2.35. The lowest BCUT2D eigenvalue weighted by Gasteiger charge is -2.35. The molecule has 0 saturated heterocycles. The van der Waals surface area contributed by atoms with E-state index in [1.165, 1.54) is 6.07 Å². The Balaban J connectivity index is 1.59. The summed E-state index contributed by atoms with van der Waals surface area (Å²) in [7, 11) is -1.29. The summed E-state index contributed by atoms with van der Waals surface area (Å²) in [5.41, 5.74) is 12.3. The zero-order valence-corrected chi connectivity index (χ0v) is 15.8. The number of amides is 1. The summed E-state index contributed by atoms with van der Waals surface area (Å²) in [4.78, 5) is 23.8. The number of carbonyl (C=O) groups is 2. The van der Waals surface area contributed by atoms with Crippen LogP contribution in [-0.4, -0.2) is 48.2 Å². The quantitative estimate of drug-likeness (QED) is 0.436. The van der Waals surface area contributed by atoms with Crippen LogP contribution in [-0.2, 0) is 11.2 Å². The molecule has 1 heterocycles. The van der Waals surface area contributed by atoms with E-state index in [2.05, 4.69) is 5.32 Å². The van der Waals surface area contributed by atoms with Gasteiger partial charge in [0.2, 0.25) is 5.91 Å². The van der Waals surface area contributed by atoms with Crippen LogP contribution in [0, 0.1) is 17.8 Å². The molecule has 0 radical (unpaired) electrons. The zero-order valence-electron chi connectivity index (χ0n) is 15.8. The van der Waals surface area contributed by atoms with Crippen molar-refractivity contribution in [1.82, 2.24) is 5.32 Å². The molecule has 8 nitrogen and oxygen atoms in total. The molecule has 1 unspecified atom stereocenters. The predicted molar refractivity (Wildman–Crippen MR) is 105 cm³/mol. The van der Waals surface area contributed by atoms with E-state index in [1.807, 2.05) is 0 Å². The van der Waals surface area contributed by atoms with Crippen LogP contribution in [0.25, 0.3) is 0 Å². The molecule has 0 aromatic heterocycles. The topological polar surface area (TPSA) is 148 Å². The van der Waals surface area contributed by atoms with Gasteiger partial charge in [0.1, 0.15) is 5.75 Å². The van der Waals surface area contributed by atoms with Crippen molar-refractivity contribution in [2.45, 2.75) is 38.0 Å². The van der Waals surface area contributed by atoms with Crippen molar-refractivity contribution >= 4 is 19.0 Å². The van der Waals surface area contributed by atoms with Gasteiger partial charge in [0.15, 0.2) is 0 Å². The molecular formula is C19H28BN3O5. The maximum atomic E-state index is 12.5. The maximum Gasteiger partial charge on any atom is 0.547 e. The summed E-state index contributed by atoms with van der Waals surface area (Å²) in [5, 5.41) is 22.4. The molecule has 152 valence electrons. The van der Waals surface area contributed by atoms with Crippen molar-refractivity contribution in [2.75, 3.05) is 13.1 Å². The average molecular weight is 389 g/mol. The lowest BCUT2D eigenvalue weighted by Crippen LogP contribution is -2.53. The summed E-state index contributed by atoms with van der Waals surface area (Å²) < 4.78 is 5.42. The smallest absolute Gasteiger partial charge is 0.534 e. The largest absolute Gasteiger partial charge is 0.547 e. The SMILES string of the molecule is NCC1CC[C@H](CC(=O)N[C@H]2Cc3cccc(C(=O)O)c3OB2O)C[C@@H]1CN. The number of nitrogens with one attached hydrogen (secondary N) is 1. The number of benzene rings is 1.